The van der Waals surface area contributed by atoms with Gasteiger partial charge in [0.25, 0.3) is 0 Å². The minimum Gasteiger partial charge on any atom is -0.338 e. The Hall–Kier alpha value is -0.570. The standard InChI is InChI=1S/C13H26N2O/c1-11(2)9-13(16)15-8-6-5-7-12(15)10-14(3)4/h11-12H,5-10H2,1-4H3. The molecule has 0 aromatic carbocycles. The SMILES string of the molecule is CC(C)CC(=O)N1CCCCC1CN(C)C. The van der Waals surface area contributed by atoms with Gasteiger partial charge in [0.1, 0.15) is 0 Å². The van der Waals surface area contributed by atoms with Crippen LogP contribution in [0.3, 0.4) is 0 Å². The number of carbonyl (C=O) groups is 1. The van der Waals surface area contributed by atoms with Crippen molar-refractivity contribution in [1.82, 2.24) is 9.80 Å². The molecule has 0 aromatic rings. The molecule has 1 atom stereocenters. The largest absolute Gasteiger partial charge is 0.338 e. The molecule has 1 rings (SSSR count). The van der Waals surface area contributed by atoms with Crippen LogP contribution < -0.4 is 0 Å². The molecule has 1 fully saturated rings. The normalized spacial score (nSPS) is 21.9. The maximum Gasteiger partial charge on any atom is 0.223 e. The van der Waals surface area contributed by atoms with Gasteiger partial charge < -0.3 is 9.80 Å². The number of nitrogens with zero attached hydrogens (tertiary/aromatic N) is 2. The molecule has 0 saturated carbocycles. The summed E-state index contributed by atoms with van der Waals surface area (Å²) in [6.07, 6.45) is 4.31. The summed E-state index contributed by atoms with van der Waals surface area (Å²) in [7, 11) is 4.17. The third-order valence-corrected chi connectivity index (χ3v) is 3.11. The van der Waals surface area contributed by atoms with E-state index < -0.39 is 0 Å². The number of hydrogen-bond acceptors (Lipinski definition) is 2. The van der Waals surface area contributed by atoms with Crippen molar-refractivity contribution in [3.8, 4) is 0 Å². The Balaban J connectivity index is 2.55. The lowest BCUT2D eigenvalue weighted by Crippen LogP contribution is -2.48. The fraction of sp³-hybridized carbons (Fsp3) is 0.923. The molecule has 0 radical (unpaired) electrons. The minimum absolute atomic E-state index is 0.349. The van der Waals surface area contributed by atoms with E-state index in [4.69, 9.17) is 0 Å². The van der Waals surface area contributed by atoms with Crippen molar-refractivity contribution >= 4 is 5.91 Å². The van der Waals surface area contributed by atoms with E-state index in [0.29, 0.717) is 24.3 Å². The summed E-state index contributed by atoms with van der Waals surface area (Å²) in [5.41, 5.74) is 0. The molecule has 3 nitrogen and oxygen atoms in total. The second kappa shape index (κ2) is 6.24. The first-order valence-electron chi connectivity index (χ1n) is 6.45. The quantitative estimate of drug-likeness (QED) is 0.732. The molecule has 16 heavy (non-hydrogen) atoms. The molecule has 0 aromatic heterocycles. The second-order valence-corrected chi connectivity index (χ2v) is 5.60. The van der Waals surface area contributed by atoms with Gasteiger partial charge in [-0.05, 0) is 39.3 Å². The number of piperidine rings is 1. The third-order valence-electron chi connectivity index (χ3n) is 3.11. The molecular formula is C13H26N2O. The van der Waals surface area contributed by atoms with Gasteiger partial charge in [-0.1, -0.05) is 13.8 Å². The lowest BCUT2D eigenvalue weighted by molar-refractivity contribution is -0.136. The summed E-state index contributed by atoms with van der Waals surface area (Å²) >= 11 is 0. The molecule has 94 valence electrons. The van der Waals surface area contributed by atoms with Gasteiger partial charge >= 0.3 is 0 Å². The Morgan fingerprint density at radius 2 is 2.06 bits per heavy atom. The Morgan fingerprint density at radius 3 is 2.62 bits per heavy atom. The van der Waals surface area contributed by atoms with Crippen LogP contribution in [0.4, 0.5) is 0 Å². The molecule has 0 bridgehead atoms. The third kappa shape index (κ3) is 4.12. The van der Waals surface area contributed by atoms with Crippen LogP contribution in [0.2, 0.25) is 0 Å². The van der Waals surface area contributed by atoms with Crippen molar-refractivity contribution in [3.05, 3.63) is 0 Å². The Bertz CT molecular complexity index is 226. The molecule has 0 N–H and O–H groups in total. The van der Waals surface area contributed by atoms with Crippen LogP contribution in [-0.4, -0.2) is 48.9 Å². The van der Waals surface area contributed by atoms with E-state index in [1.807, 2.05) is 0 Å². The van der Waals surface area contributed by atoms with E-state index in [2.05, 4.69) is 37.7 Å². The van der Waals surface area contributed by atoms with E-state index in [-0.39, 0.29) is 0 Å². The van der Waals surface area contributed by atoms with Crippen LogP contribution in [0.1, 0.15) is 39.5 Å². The van der Waals surface area contributed by atoms with Crippen LogP contribution in [-0.2, 0) is 4.79 Å². The summed E-state index contributed by atoms with van der Waals surface area (Å²) in [4.78, 5) is 16.4. The highest BCUT2D eigenvalue weighted by Gasteiger charge is 2.26. The van der Waals surface area contributed by atoms with Gasteiger partial charge in [0.05, 0.1) is 0 Å². The number of rotatable bonds is 4. The molecule has 1 aliphatic rings. The van der Waals surface area contributed by atoms with Gasteiger partial charge in [-0.3, -0.25) is 4.79 Å². The number of likely N-dealkylation sites (tertiary alicyclic amines) is 1. The van der Waals surface area contributed by atoms with Crippen LogP contribution in [0.5, 0.6) is 0 Å². The van der Waals surface area contributed by atoms with Crippen molar-refractivity contribution in [2.75, 3.05) is 27.2 Å². The highest BCUT2D eigenvalue weighted by atomic mass is 16.2. The van der Waals surface area contributed by atoms with Crippen LogP contribution in [0, 0.1) is 5.92 Å². The number of likely N-dealkylation sites (N-methyl/N-ethyl adjacent to an activating group) is 1. The summed E-state index contributed by atoms with van der Waals surface area (Å²) in [6, 6.07) is 0.440. The molecule has 3 heteroatoms. The Kier molecular flexibility index (Phi) is 5.26. The van der Waals surface area contributed by atoms with Gasteiger partial charge in [-0.15, -0.1) is 0 Å². The molecule has 1 unspecified atom stereocenters. The Labute approximate surface area is 99.8 Å². The highest BCUT2D eigenvalue weighted by molar-refractivity contribution is 5.76. The lowest BCUT2D eigenvalue weighted by atomic mass is 10.00. The molecule has 1 amide bonds. The monoisotopic (exact) mass is 226 g/mol. The van der Waals surface area contributed by atoms with Crippen molar-refractivity contribution < 1.29 is 4.79 Å². The summed E-state index contributed by atoms with van der Waals surface area (Å²) in [5.74, 6) is 0.816. The summed E-state index contributed by atoms with van der Waals surface area (Å²) in [6.45, 7) is 6.19. The van der Waals surface area contributed by atoms with Crippen molar-refractivity contribution in [3.63, 3.8) is 0 Å². The maximum absolute atomic E-state index is 12.1. The van der Waals surface area contributed by atoms with E-state index in [9.17, 15) is 4.79 Å². The predicted octanol–water partition coefficient (Wildman–Crippen LogP) is 1.98. The predicted molar refractivity (Wildman–Crippen MR) is 67.4 cm³/mol. The number of carbonyl (C=O) groups excluding carboxylic acids is 1. The zero-order valence-electron chi connectivity index (χ0n) is 11.2. The Morgan fingerprint density at radius 1 is 1.38 bits per heavy atom. The fourth-order valence-electron chi connectivity index (χ4n) is 2.41. The van der Waals surface area contributed by atoms with Crippen LogP contribution in [0.25, 0.3) is 0 Å². The van der Waals surface area contributed by atoms with Crippen molar-refractivity contribution in [2.24, 2.45) is 5.92 Å². The molecule has 1 aliphatic heterocycles. The molecule has 0 spiro atoms. The van der Waals surface area contributed by atoms with Gasteiger partial charge in [-0.25, -0.2) is 0 Å². The van der Waals surface area contributed by atoms with Crippen molar-refractivity contribution in [1.29, 1.82) is 0 Å². The second-order valence-electron chi connectivity index (χ2n) is 5.60. The van der Waals surface area contributed by atoms with Gasteiger partial charge in [-0.2, -0.15) is 0 Å². The topological polar surface area (TPSA) is 23.6 Å². The van der Waals surface area contributed by atoms with Crippen LogP contribution >= 0.6 is 0 Å². The fourth-order valence-corrected chi connectivity index (χ4v) is 2.41. The van der Waals surface area contributed by atoms with Crippen LogP contribution in [0.15, 0.2) is 0 Å². The van der Waals surface area contributed by atoms with Gasteiger partial charge in [0.15, 0.2) is 0 Å². The zero-order valence-corrected chi connectivity index (χ0v) is 11.2. The van der Waals surface area contributed by atoms with E-state index in [1.54, 1.807) is 0 Å². The van der Waals surface area contributed by atoms with Gasteiger partial charge in [0, 0.05) is 25.6 Å². The summed E-state index contributed by atoms with van der Waals surface area (Å²) < 4.78 is 0. The number of amides is 1. The first kappa shape index (κ1) is 13.5. The first-order chi connectivity index (χ1) is 7.50. The summed E-state index contributed by atoms with van der Waals surface area (Å²) in [5, 5.41) is 0. The minimum atomic E-state index is 0.349. The van der Waals surface area contributed by atoms with Crippen molar-refractivity contribution in [2.45, 2.75) is 45.6 Å². The smallest absolute Gasteiger partial charge is 0.223 e. The highest BCUT2D eigenvalue weighted by Crippen LogP contribution is 2.19. The van der Waals surface area contributed by atoms with E-state index in [1.165, 1.54) is 19.3 Å². The first-order valence-corrected chi connectivity index (χ1v) is 6.45. The molecule has 1 heterocycles. The zero-order chi connectivity index (χ0) is 12.1. The molecular weight excluding hydrogens is 200 g/mol. The van der Waals surface area contributed by atoms with E-state index >= 15 is 0 Å². The number of hydrogen-bond donors (Lipinski definition) is 0. The van der Waals surface area contributed by atoms with E-state index in [0.717, 1.165) is 13.1 Å². The average Bonchev–Trinajstić information content (AvgIpc) is 2.16. The molecule has 1 saturated heterocycles. The average molecular weight is 226 g/mol. The van der Waals surface area contributed by atoms with Gasteiger partial charge in [0.2, 0.25) is 5.91 Å². The lowest BCUT2D eigenvalue weighted by Gasteiger charge is -2.37. The molecule has 0 aliphatic carbocycles. The maximum atomic E-state index is 12.1.